The van der Waals surface area contributed by atoms with Gasteiger partial charge in [-0.3, -0.25) is 0 Å². The van der Waals surface area contributed by atoms with Gasteiger partial charge in [-0.25, -0.2) is 0 Å². The number of hydrogen-bond donors (Lipinski definition) is 1. The first kappa shape index (κ1) is 10.0. The van der Waals surface area contributed by atoms with E-state index in [9.17, 15) is 0 Å². The van der Waals surface area contributed by atoms with Crippen molar-refractivity contribution in [1.29, 1.82) is 0 Å². The van der Waals surface area contributed by atoms with E-state index in [1.807, 2.05) is 13.8 Å². The standard InChI is InChI=1S/C4H10O.Na/c1-4(2)3-5;/h4-5H,3H2,1-2H3;. The molecule has 1 N–H and O–H groups in total. The molecule has 0 unspecified atom stereocenters. The zero-order valence-corrected chi connectivity index (χ0v) is 6.73. The Morgan fingerprint density at radius 1 is 1.50 bits per heavy atom. The van der Waals surface area contributed by atoms with Gasteiger partial charge in [0.05, 0.1) is 0 Å². The maximum Gasteiger partial charge on any atom is 0.0453 e. The smallest absolute Gasteiger partial charge is 0.0453 e. The molecular weight excluding hydrogens is 87.0 g/mol. The van der Waals surface area contributed by atoms with Gasteiger partial charge in [-0.1, -0.05) is 13.8 Å². The average molecular weight is 97.1 g/mol. The Kier molecular flexibility index (Phi) is 9.98. The van der Waals surface area contributed by atoms with E-state index in [1.54, 1.807) is 0 Å². The van der Waals surface area contributed by atoms with Gasteiger partial charge < -0.3 is 5.11 Å². The Morgan fingerprint density at radius 2 is 1.67 bits per heavy atom. The van der Waals surface area contributed by atoms with Crippen LogP contribution in [0.5, 0.6) is 0 Å². The van der Waals surface area contributed by atoms with E-state index in [-0.39, 0.29) is 29.6 Å². The molecular formula is C4H10NaO. The monoisotopic (exact) mass is 97.1 g/mol. The Balaban J connectivity index is 0. The zero-order valence-electron chi connectivity index (χ0n) is 4.73. The number of aliphatic hydroxyl groups excluding tert-OH is 1. The van der Waals surface area contributed by atoms with Crippen molar-refractivity contribution in [2.24, 2.45) is 5.92 Å². The van der Waals surface area contributed by atoms with Crippen LogP contribution in [0.3, 0.4) is 0 Å². The molecule has 0 spiro atoms. The van der Waals surface area contributed by atoms with Crippen LogP contribution in [0, 0.1) is 5.92 Å². The molecule has 0 saturated carbocycles. The van der Waals surface area contributed by atoms with E-state index >= 15 is 0 Å². The SMILES string of the molecule is CC(C)CO.[Na]. The minimum atomic E-state index is 0. The molecule has 2 heteroatoms. The summed E-state index contributed by atoms with van der Waals surface area (Å²) in [5.74, 6) is 0.440. The molecule has 0 atom stereocenters. The number of hydrogen-bond acceptors (Lipinski definition) is 1. The summed E-state index contributed by atoms with van der Waals surface area (Å²) in [5, 5.41) is 8.14. The number of rotatable bonds is 1. The quantitative estimate of drug-likeness (QED) is 0.465. The predicted octanol–water partition coefficient (Wildman–Crippen LogP) is 0.254. The summed E-state index contributed by atoms with van der Waals surface area (Å²) in [6.07, 6.45) is 0. The molecule has 6 heavy (non-hydrogen) atoms. The third-order valence-corrected chi connectivity index (χ3v) is 0.365. The maximum absolute atomic E-state index is 8.14. The second kappa shape index (κ2) is 5.96. The Morgan fingerprint density at radius 3 is 1.67 bits per heavy atom. The summed E-state index contributed by atoms with van der Waals surface area (Å²) in [6, 6.07) is 0. The first-order valence-corrected chi connectivity index (χ1v) is 1.88. The van der Waals surface area contributed by atoms with Crippen LogP contribution in [-0.4, -0.2) is 41.3 Å². The fourth-order valence-corrected chi connectivity index (χ4v) is 0. The van der Waals surface area contributed by atoms with E-state index < -0.39 is 0 Å². The van der Waals surface area contributed by atoms with Crippen LogP contribution < -0.4 is 0 Å². The van der Waals surface area contributed by atoms with Crippen LogP contribution in [0.15, 0.2) is 0 Å². The van der Waals surface area contributed by atoms with Crippen molar-refractivity contribution in [3.8, 4) is 0 Å². The Bertz CT molecular complexity index is 21.5. The molecule has 0 aromatic rings. The minimum absolute atomic E-state index is 0. The third kappa shape index (κ3) is 8.88. The molecule has 0 saturated heterocycles. The third-order valence-electron chi connectivity index (χ3n) is 0.365. The molecule has 0 aliphatic rings. The maximum atomic E-state index is 8.14. The topological polar surface area (TPSA) is 20.2 Å². The molecule has 0 amide bonds. The molecule has 0 aromatic carbocycles. The van der Waals surface area contributed by atoms with Crippen LogP contribution in [0.4, 0.5) is 0 Å². The molecule has 0 heterocycles. The van der Waals surface area contributed by atoms with Crippen molar-refractivity contribution >= 4 is 29.6 Å². The molecule has 0 bridgehead atoms. The van der Waals surface area contributed by atoms with Crippen LogP contribution >= 0.6 is 0 Å². The van der Waals surface area contributed by atoms with Gasteiger partial charge in [0, 0.05) is 36.2 Å². The van der Waals surface area contributed by atoms with Gasteiger partial charge in [0.2, 0.25) is 0 Å². The minimum Gasteiger partial charge on any atom is -0.396 e. The Labute approximate surface area is 61.0 Å². The largest absolute Gasteiger partial charge is 0.396 e. The summed E-state index contributed by atoms with van der Waals surface area (Å²) < 4.78 is 0. The fraction of sp³-hybridized carbons (Fsp3) is 1.00. The van der Waals surface area contributed by atoms with E-state index in [1.165, 1.54) is 0 Å². The van der Waals surface area contributed by atoms with Gasteiger partial charge in [0.1, 0.15) is 0 Å². The summed E-state index contributed by atoms with van der Waals surface area (Å²) >= 11 is 0. The second-order valence-electron chi connectivity index (χ2n) is 1.58. The average Bonchev–Trinajstić information content (AvgIpc) is 1.38. The van der Waals surface area contributed by atoms with Crippen molar-refractivity contribution in [2.75, 3.05) is 6.61 Å². The summed E-state index contributed by atoms with van der Waals surface area (Å²) in [6.45, 7) is 4.25. The van der Waals surface area contributed by atoms with Gasteiger partial charge in [-0.15, -0.1) is 0 Å². The van der Waals surface area contributed by atoms with Crippen molar-refractivity contribution in [2.45, 2.75) is 13.8 Å². The molecule has 33 valence electrons. The first-order valence-electron chi connectivity index (χ1n) is 1.88. The molecule has 1 nitrogen and oxygen atoms in total. The van der Waals surface area contributed by atoms with E-state index in [0.717, 1.165) is 0 Å². The van der Waals surface area contributed by atoms with Gasteiger partial charge in [0.15, 0.2) is 0 Å². The molecule has 0 aliphatic heterocycles. The van der Waals surface area contributed by atoms with E-state index in [2.05, 4.69) is 0 Å². The summed E-state index contributed by atoms with van der Waals surface area (Å²) in [5.41, 5.74) is 0. The summed E-state index contributed by atoms with van der Waals surface area (Å²) in [4.78, 5) is 0. The van der Waals surface area contributed by atoms with Crippen LogP contribution in [0.1, 0.15) is 13.8 Å². The second-order valence-corrected chi connectivity index (χ2v) is 1.58. The van der Waals surface area contributed by atoms with Gasteiger partial charge in [-0.2, -0.15) is 0 Å². The van der Waals surface area contributed by atoms with Crippen molar-refractivity contribution in [3.05, 3.63) is 0 Å². The van der Waals surface area contributed by atoms with Gasteiger partial charge >= 0.3 is 0 Å². The predicted molar refractivity (Wildman–Crippen MR) is 27.7 cm³/mol. The van der Waals surface area contributed by atoms with Crippen LogP contribution in [0.2, 0.25) is 0 Å². The first-order chi connectivity index (χ1) is 2.27. The molecule has 0 aromatic heterocycles. The van der Waals surface area contributed by atoms with Crippen LogP contribution in [-0.2, 0) is 0 Å². The summed E-state index contributed by atoms with van der Waals surface area (Å²) in [7, 11) is 0. The zero-order chi connectivity index (χ0) is 4.28. The van der Waals surface area contributed by atoms with Crippen molar-refractivity contribution in [1.82, 2.24) is 0 Å². The van der Waals surface area contributed by atoms with Crippen molar-refractivity contribution in [3.63, 3.8) is 0 Å². The Hall–Kier alpha value is 0.960. The van der Waals surface area contributed by atoms with Gasteiger partial charge in [-0.05, 0) is 5.92 Å². The van der Waals surface area contributed by atoms with Crippen LogP contribution in [0.25, 0.3) is 0 Å². The number of aliphatic hydroxyl groups is 1. The molecule has 0 fully saturated rings. The van der Waals surface area contributed by atoms with E-state index in [4.69, 9.17) is 5.11 Å². The van der Waals surface area contributed by atoms with Gasteiger partial charge in [0.25, 0.3) is 0 Å². The van der Waals surface area contributed by atoms with E-state index in [0.29, 0.717) is 12.5 Å². The molecule has 0 rings (SSSR count). The normalized spacial score (nSPS) is 8.00. The fourth-order valence-electron chi connectivity index (χ4n) is 0. The van der Waals surface area contributed by atoms with Crippen molar-refractivity contribution < 1.29 is 5.11 Å². The molecule has 0 aliphatic carbocycles. The molecule has 1 radical (unpaired) electrons.